The van der Waals surface area contributed by atoms with Crippen LogP contribution in [0.5, 0.6) is 5.75 Å². The molecule has 0 saturated carbocycles. The van der Waals surface area contributed by atoms with Crippen LogP contribution < -0.4 is 5.90 Å². The third kappa shape index (κ3) is 1.83. The Hall–Kier alpha value is -0.770. The zero-order valence-corrected chi connectivity index (χ0v) is 6.51. The number of phenolic OH excluding ortho intramolecular Hbond substituents is 1. The molecule has 0 heterocycles. The standard InChI is InChI=1S/C7H8ClNO2/c8-6-3-1-2-5(4-11-9)7(6)10/h1-3,10H,4,9H2. The molecule has 0 amide bonds. The highest BCUT2D eigenvalue weighted by molar-refractivity contribution is 6.32. The topological polar surface area (TPSA) is 55.5 Å². The van der Waals surface area contributed by atoms with E-state index in [-0.39, 0.29) is 12.4 Å². The molecule has 0 aliphatic carbocycles. The monoisotopic (exact) mass is 173 g/mol. The number of halogens is 1. The normalized spacial score (nSPS) is 10.0. The smallest absolute Gasteiger partial charge is 0.139 e. The summed E-state index contributed by atoms with van der Waals surface area (Å²) < 4.78 is 0. The Bertz CT molecular complexity index is 252. The van der Waals surface area contributed by atoms with Gasteiger partial charge in [-0.05, 0) is 6.07 Å². The van der Waals surface area contributed by atoms with Gasteiger partial charge in [0.15, 0.2) is 0 Å². The molecular weight excluding hydrogens is 166 g/mol. The lowest BCUT2D eigenvalue weighted by Crippen LogP contribution is -1.98. The summed E-state index contributed by atoms with van der Waals surface area (Å²) in [6.07, 6.45) is 0. The van der Waals surface area contributed by atoms with Gasteiger partial charge in [-0.2, -0.15) is 0 Å². The molecule has 0 fully saturated rings. The van der Waals surface area contributed by atoms with Crippen LogP contribution in [0.25, 0.3) is 0 Å². The molecule has 1 aromatic rings. The molecule has 0 aliphatic rings. The number of hydrogen-bond acceptors (Lipinski definition) is 3. The van der Waals surface area contributed by atoms with E-state index in [1.165, 1.54) is 0 Å². The zero-order chi connectivity index (χ0) is 8.27. The summed E-state index contributed by atoms with van der Waals surface area (Å²) in [5.41, 5.74) is 0.583. The van der Waals surface area contributed by atoms with Gasteiger partial charge in [0.05, 0.1) is 11.6 Å². The molecule has 4 heteroatoms. The second-order valence-electron chi connectivity index (χ2n) is 2.06. The number of aromatic hydroxyl groups is 1. The number of para-hydroxylation sites is 1. The first kappa shape index (κ1) is 8.33. The third-order valence-electron chi connectivity index (χ3n) is 1.31. The van der Waals surface area contributed by atoms with Crippen LogP contribution in [-0.2, 0) is 11.4 Å². The molecule has 0 bridgehead atoms. The lowest BCUT2D eigenvalue weighted by atomic mass is 10.2. The van der Waals surface area contributed by atoms with Crippen molar-refractivity contribution in [3.8, 4) is 5.75 Å². The number of phenols is 1. The van der Waals surface area contributed by atoms with Crippen LogP contribution >= 0.6 is 11.6 Å². The van der Waals surface area contributed by atoms with Crippen LogP contribution in [0.2, 0.25) is 5.02 Å². The van der Waals surface area contributed by atoms with E-state index in [4.69, 9.17) is 17.5 Å². The van der Waals surface area contributed by atoms with Crippen molar-refractivity contribution >= 4 is 11.6 Å². The van der Waals surface area contributed by atoms with Crippen molar-refractivity contribution in [1.29, 1.82) is 0 Å². The summed E-state index contributed by atoms with van der Waals surface area (Å²) in [4.78, 5) is 4.35. The second-order valence-corrected chi connectivity index (χ2v) is 2.47. The minimum Gasteiger partial charge on any atom is -0.506 e. The van der Waals surface area contributed by atoms with E-state index in [0.717, 1.165) is 0 Å². The molecular formula is C7H8ClNO2. The first-order valence-electron chi connectivity index (χ1n) is 3.03. The Morgan fingerprint density at radius 1 is 1.55 bits per heavy atom. The lowest BCUT2D eigenvalue weighted by Gasteiger charge is -2.02. The van der Waals surface area contributed by atoms with Gasteiger partial charge in [0.25, 0.3) is 0 Å². The first-order chi connectivity index (χ1) is 5.25. The molecule has 1 rings (SSSR count). The van der Waals surface area contributed by atoms with E-state index in [9.17, 15) is 5.11 Å². The highest BCUT2D eigenvalue weighted by atomic mass is 35.5. The van der Waals surface area contributed by atoms with Crippen molar-refractivity contribution in [3.63, 3.8) is 0 Å². The fourth-order valence-electron chi connectivity index (χ4n) is 0.766. The first-order valence-corrected chi connectivity index (χ1v) is 3.41. The Morgan fingerprint density at radius 2 is 2.27 bits per heavy atom. The summed E-state index contributed by atoms with van der Waals surface area (Å²) >= 11 is 5.60. The summed E-state index contributed by atoms with van der Waals surface area (Å²) in [6, 6.07) is 5.00. The van der Waals surface area contributed by atoms with Crippen LogP contribution in [0.4, 0.5) is 0 Å². The Morgan fingerprint density at radius 3 is 2.91 bits per heavy atom. The quantitative estimate of drug-likeness (QED) is 0.666. The van der Waals surface area contributed by atoms with Gasteiger partial charge in [0.2, 0.25) is 0 Å². The van der Waals surface area contributed by atoms with Gasteiger partial charge < -0.3 is 5.11 Å². The van der Waals surface area contributed by atoms with Crippen molar-refractivity contribution in [2.45, 2.75) is 6.61 Å². The molecule has 3 N–H and O–H groups in total. The predicted molar refractivity (Wildman–Crippen MR) is 42.1 cm³/mol. The van der Waals surface area contributed by atoms with Gasteiger partial charge in [-0.3, -0.25) is 4.84 Å². The average Bonchev–Trinajstić information content (AvgIpc) is 1.99. The maximum atomic E-state index is 9.26. The van der Waals surface area contributed by atoms with Gasteiger partial charge in [0, 0.05) is 5.56 Å². The maximum absolute atomic E-state index is 9.26. The lowest BCUT2D eigenvalue weighted by molar-refractivity contribution is 0.122. The highest BCUT2D eigenvalue weighted by Gasteiger charge is 2.03. The molecule has 0 atom stereocenters. The van der Waals surface area contributed by atoms with Crippen molar-refractivity contribution in [2.24, 2.45) is 5.90 Å². The average molecular weight is 174 g/mol. The summed E-state index contributed by atoms with van der Waals surface area (Å²) in [7, 11) is 0. The minimum atomic E-state index is 0.0274. The van der Waals surface area contributed by atoms with E-state index in [2.05, 4.69) is 4.84 Å². The molecule has 11 heavy (non-hydrogen) atoms. The predicted octanol–water partition coefficient (Wildman–Crippen LogP) is 1.44. The van der Waals surface area contributed by atoms with Gasteiger partial charge in [-0.1, -0.05) is 23.7 Å². The summed E-state index contributed by atoms with van der Waals surface area (Å²) in [5, 5.41) is 9.57. The minimum absolute atomic E-state index is 0.0274. The van der Waals surface area contributed by atoms with E-state index in [1.807, 2.05) is 0 Å². The summed E-state index contributed by atoms with van der Waals surface area (Å²) in [6.45, 7) is 0.159. The van der Waals surface area contributed by atoms with Crippen molar-refractivity contribution in [2.75, 3.05) is 0 Å². The Balaban J connectivity index is 2.96. The molecule has 0 aliphatic heterocycles. The SMILES string of the molecule is NOCc1cccc(Cl)c1O. The van der Waals surface area contributed by atoms with E-state index >= 15 is 0 Å². The van der Waals surface area contributed by atoms with E-state index < -0.39 is 0 Å². The Labute approximate surface area is 69.3 Å². The van der Waals surface area contributed by atoms with Crippen molar-refractivity contribution in [3.05, 3.63) is 28.8 Å². The zero-order valence-electron chi connectivity index (χ0n) is 5.75. The fraction of sp³-hybridized carbons (Fsp3) is 0.143. The number of rotatable bonds is 2. The molecule has 3 nitrogen and oxygen atoms in total. The largest absolute Gasteiger partial charge is 0.506 e. The van der Waals surface area contributed by atoms with Gasteiger partial charge in [0.1, 0.15) is 5.75 Å². The Kier molecular flexibility index (Phi) is 2.70. The highest BCUT2D eigenvalue weighted by Crippen LogP contribution is 2.26. The van der Waals surface area contributed by atoms with Crippen molar-refractivity contribution in [1.82, 2.24) is 0 Å². The van der Waals surface area contributed by atoms with Gasteiger partial charge in [-0.15, -0.1) is 0 Å². The maximum Gasteiger partial charge on any atom is 0.139 e. The van der Waals surface area contributed by atoms with Crippen LogP contribution in [0.1, 0.15) is 5.56 Å². The molecule has 1 aromatic carbocycles. The molecule has 0 radical (unpaired) electrons. The van der Waals surface area contributed by atoms with Gasteiger partial charge in [-0.25, -0.2) is 5.90 Å². The number of benzene rings is 1. The number of nitrogens with two attached hydrogens (primary N) is 1. The van der Waals surface area contributed by atoms with Crippen LogP contribution in [-0.4, -0.2) is 5.11 Å². The van der Waals surface area contributed by atoms with Crippen molar-refractivity contribution < 1.29 is 9.94 Å². The number of hydrogen-bond donors (Lipinski definition) is 2. The van der Waals surface area contributed by atoms with Crippen LogP contribution in [0.3, 0.4) is 0 Å². The van der Waals surface area contributed by atoms with Crippen LogP contribution in [0, 0.1) is 0 Å². The molecule has 0 unspecified atom stereocenters. The van der Waals surface area contributed by atoms with Gasteiger partial charge >= 0.3 is 0 Å². The second kappa shape index (κ2) is 3.57. The fourth-order valence-corrected chi connectivity index (χ4v) is 0.960. The van der Waals surface area contributed by atoms with E-state index in [0.29, 0.717) is 10.6 Å². The molecule has 0 saturated heterocycles. The molecule has 0 spiro atoms. The molecule has 0 aromatic heterocycles. The third-order valence-corrected chi connectivity index (χ3v) is 1.61. The summed E-state index contributed by atoms with van der Waals surface area (Å²) in [5.74, 6) is 4.85. The van der Waals surface area contributed by atoms with E-state index in [1.54, 1.807) is 18.2 Å². The van der Waals surface area contributed by atoms with Crippen LogP contribution in [0.15, 0.2) is 18.2 Å². The molecule has 60 valence electrons.